The van der Waals surface area contributed by atoms with E-state index in [1.54, 1.807) is 20.4 Å². The number of nitrogens with one attached hydrogen (secondary N) is 1. The molecule has 5 heterocycles. The first kappa shape index (κ1) is 26.0. The van der Waals surface area contributed by atoms with Crippen LogP contribution in [-0.4, -0.2) is 76.2 Å². The van der Waals surface area contributed by atoms with Crippen molar-refractivity contribution < 1.29 is 8.42 Å². The number of aryl methyl sites for hydroxylation is 2. The summed E-state index contributed by atoms with van der Waals surface area (Å²) in [6.07, 6.45) is 6.04. The summed E-state index contributed by atoms with van der Waals surface area (Å²) in [7, 11) is 0.0813. The second-order valence-corrected chi connectivity index (χ2v) is 15.1. The van der Waals surface area contributed by atoms with Crippen molar-refractivity contribution in [3.63, 3.8) is 0 Å². The molecule has 4 aromatic rings. The van der Waals surface area contributed by atoms with Gasteiger partial charge in [-0.3, -0.25) is 4.90 Å². The Labute approximate surface area is 229 Å². The Kier molecular flexibility index (Phi) is 6.25. The number of likely N-dealkylation sites (tertiary alicyclic amines) is 1. The van der Waals surface area contributed by atoms with Crippen LogP contribution in [0.4, 0.5) is 0 Å². The second kappa shape index (κ2) is 9.15. The van der Waals surface area contributed by atoms with Crippen LogP contribution in [0.2, 0.25) is 0 Å². The standard InChI is InChI=1S/C28H38N6O2S2/c1-15(2)23-24-18(5)26(21-11-20-10-19(21)12-33(20)8-9-38(35,36)32(6)7)37-28(24)31-25(23)22-13-34-27(29-14-30-34)17(4)16(22)3/h13-15,19-21,31H,8-12H2,1-7H3/t19-,20-,21+/m0/s1. The summed E-state index contributed by atoms with van der Waals surface area (Å²) < 4.78 is 27.8. The number of piperidine rings is 1. The fraction of sp³-hybridized carbons (Fsp3) is 0.571. The normalized spacial score (nSPS) is 22.3. The third-order valence-corrected chi connectivity index (χ3v) is 12.3. The number of hydrogen-bond donors (Lipinski definition) is 1. The number of nitrogens with zero attached hydrogens (tertiary/aromatic N) is 5. The number of pyridine rings is 1. The van der Waals surface area contributed by atoms with E-state index in [2.05, 4.69) is 60.8 Å². The molecule has 1 N–H and O–H groups in total. The zero-order chi connectivity index (χ0) is 27.1. The van der Waals surface area contributed by atoms with Crippen molar-refractivity contribution in [2.75, 3.05) is 32.9 Å². The molecule has 2 fully saturated rings. The molecule has 38 heavy (non-hydrogen) atoms. The molecular weight excluding hydrogens is 516 g/mol. The lowest BCUT2D eigenvalue weighted by molar-refractivity contribution is 0.210. The molecule has 3 atom stereocenters. The fourth-order valence-electron chi connectivity index (χ4n) is 6.90. The van der Waals surface area contributed by atoms with Gasteiger partial charge in [0, 0.05) is 55.3 Å². The predicted molar refractivity (Wildman–Crippen MR) is 155 cm³/mol. The van der Waals surface area contributed by atoms with Gasteiger partial charge in [-0.25, -0.2) is 22.2 Å². The summed E-state index contributed by atoms with van der Waals surface area (Å²) in [6.45, 7) is 12.8. The summed E-state index contributed by atoms with van der Waals surface area (Å²) in [5, 5.41) is 5.82. The molecule has 1 aliphatic carbocycles. The first-order valence-corrected chi connectivity index (χ1v) is 16.0. The van der Waals surface area contributed by atoms with Crippen LogP contribution >= 0.6 is 11.3 Å². The average molecular weight is 555 g/mol. The first-order valence-electron chi connectivity index (χ1n) is 13.6. The smallest absolute Gasteiger partial charge is 0.214 e. The van der Waals surface area contributed by atoms with E-state index >= 15 is 0 Å². The Bertz CT molecular complexity index is 1640. The van der Waals surface area contributed by atoms with Crippen LogP contribution in [0.1, 0.15) is 65.7 Å². The topological polar surface area (TPSA) is 86.6 Å². The number of H-pyrrole nitrogens is 1. The van der Waals surface area contributed by atoms with E-state index in [1.165, 1.54) is 53.8 Å². The Morgan fingerprint density at radius 1 is 1.16 bits per heavy atom. The van der Waals surface area contributed by atoms with Gasteiger partial charge >= 0.3 is 0 Å². The highest BCUT2D eigenvalue weighted by Gasteiger charge is 2.46. The number of sulfonamides is 1. The van der Waals surface area contributed by atoms with Gasteiger partial charge in [0.1, 0.15) is 11.2 Å². The summed E-state index contributed by atoms with van der Waals surface area (Å²) >= 11 is 1.93. The Balaban J connectivity index is 1.32. The van der Waals surface area contributed by atoms with Crippen LogP contribution in [0.5, 0.6) is 0 Å². The predicted octanol–water partition coefficient (Wildman–Crippen LogP) is 5.06. The fourth-order valence-corrected chi connectivity index (χ4v) is 9.17. The number of rotatable bonds is 7. The highest BCUT2D eigenvalue weighted by atomic mass is 32.2. The van der Waals surface area contributed by atoms with Crippen LogP contribution in [0.25, 0.3) is 27.1 Å². The third-order valence-electron chi connectivity index (χ3n) is 9.12. The molecule has 0 radical (unpaired) electrons. The number of aromatic amines is 1. The monoisotopic (exact) mass is 554 g/mol. The van der Waals surface area contributed by atoms with Crippen molar-refractivity contribution >= 4 is 37.2 Å². The molecule has 2 aliphatic rings. The molecule has 204 valence electrons. The summed E-state index contributed by atoms with van der Waals surface area (Å²) in [6, 6.07) is 0.488. The highest BCUT2D eigenvalue weighted by Crippen LogP contribution is 2.53. The van der Waals surface area contributed by atoms with Crippen molar-refractivity contribution in [2.45, 2.75) is 65.3 Å². The zero-order valence-corrected chi connectivity index (χ0v) is 25.0. The molecule has 0 amide bonds. The van der Waals surface area contributed by atoms with E-state index in [0.29, 0.717) is 30.3 Å². The lowest BCUT2D eigenvalue weighted by atomic mass is 9.88. The van der Waals surface area contributed by atoms with E-state index in [0.717, 1.165) is 24.2 Å². The SMILES string of the molecule is Cc1c(-c2[nH]c3sc([C@@H]4C[C@@H]5C[C@H]4CN5CCS(=O)(=O)N(C)C)c(C)c3c2C(C)C)cn2ncnc2c1C. The van der Waals surface area contributed by atoms with Crippen molar-refractivity contribution in [1.29, 1.82) is 0 Å². The lowest BCUT2D eigenvalue weighted by Gasteiger charge is -2.31. The minimum atomic E-state index is -3.16. The largest absolute Gasteiger partial charge is 0.346 e. The van der Waals surface area contributed by atoms with Gasteiger partial charge in [0.2, 0.25) is 10.0 Å². The van der Waals surface area contributed by atoms with Crippen LogP contribution in [-0.2, 0) is 10.0 Å². The molecule has 1 aliphatic heterocycles. The first-order chi connectivity index (χ1) is 18.0. The van der Waals surface area contributed by atoms with Crippen LogP contribution < -0.4 is 0 Å². The van der Waals surface area contributed by atoms with Gasteiger partial charge < -0.3 is 4.98 Å². The van der Waals surface area contributed by atoms with Gasteiger partial charge in [0.15, 0.2) is 5.65 Å². The quantitative estimate of drug-likeness (QED) is 0.345. The zero-order valence-electron chi connectivity index (χ0n) is 23.4. The maximum atomic E-state index is 12.3. The van der Waals surface area contributed by atoms with Crippen LogP contribution in [0.3, 0.4) is 0 Å². The van der Waals surface area contributed by atoms with E-state index in [9.17, 15) is 8.42 Å². The van der Waals surface area contributed by atoms with Crippen LogP contribution in [0.15, 0.2) is 12.5 Å². The Hall–Kier alpha value is -2.27. The van der Waals surface area contributed by atoms with E-state index in [-0.39, 0.29) is 5.75 Å². The molecule has 0 unspecified atom stereocenters. The van der Waals surface area contributed by atoms with Gasteiger partial charge in [-0.2, -0.15) is 5.10 Å². The molecule has 0 aromatic carbocycles. The van der Waals surface area contributed by atoms with Gasteiger partial charge in [0.25, 0.3) is 0 Å². The maximum absolute atomic E-state index is 12.3. The van der Waals surface area contributed by atoms with Crippen molar-refractivity contribution in [2.24, 2.45) is 5.92 Å². The van der Waals surface area contributed by atoms with E-state index in [1.807, 2.05) is 15.9 Å². The number of aromatic nitrogens is 4. The van der Waals surface area contributed by atoms with Crippen molar-refractivity contribution in [3.8, 4) is 11.3 Å². The Morgan fingerprint density at radius 3 is 2.58 bits per heavy atom. The van der Waals surface area contributed by atoms with Gasteiger partial charge in [-0.1, -0.05) is 13.8 Å². The van der Waals surface area contributed by atoms with Crippen molar-refractivity contribution in [1.82, 2.24) is 28.8 Å². The highest BCUT2D eigenvalue weighted by molar-refractivity contribution is 7.89. The number of hydrogen-bond acceptors (Lipinski definition) is 6. The molecule has 4 aromatic heterocycles. The molecule has 2 bridgehead atoms. The van der Waals surface area contributed by atoms with Gasteiger partial charge in [-0.05, 0) is 73.6 Å². The van der Waals surface area contributed by atoms with Crippen molar-refractivity contribution in [3.05, 3.63) is 39.7 Å². The van der Waals surface area contributed by atoms with E-state index < -0.39 is 10.0 Å². The number of thiophene rings is 1. The minimum Gasteiger partial charge on any atom is -0.346 e. The molecular formula is C28H38N6O2S2. The summed E-state index contributed by atoms with van der Waals surface area (Å²) in [5.41, 5.74) is 8.52. The third kappa shape index (κ3) is 3.94. The molecule has 1 saturated heterocycles. The minimum absolute atomic E-state index is 0.203. The van der Waals surface area contributed by atoms with Gasteiger partial charge in [-0.15, -0.1) is 11.3 Å². The average Bonchev–Trinajstić information content (AvgIpc) is 3.66. The molecule has 6 rings (SSSR count). The van der Waals surface area contributed by atoms with E-state index in [4.69, 9.17) is 0 Å². The maximum Gasteiger partial charge on any atom is 0.214 e. The Morgan fingerprint density at radius 2 is 1.92 bits per heavy atom. The van der Waals surface area contributed by atoms with Gasteiger partial charge in [0.05, 0.1) is 11.4 Å². The molecule has 8 nitrogen and oxygen atoms in total. The second-order valence-electron chi connectivity index (χ2n) is 11.8. The molecule has 10 heteroatoms. The summed E-state index contributed by atoms with van der Waals surface area (Å²) in [4.78, 5) is 13.5. The lowest BCUT2D eigenvalue weighted by Crippen LogP contribution is -2.39. The molecule has 1 saturated carbocycles. The molecule has 0 spiro atoms. The summed E-state index contributed by atoms with van der Waals surface area (Å²) in [5.74, 6) is 1.74. The number of fused-ring (bicyclic) bond motifs is 4. The van der Waals surface area contributed by atoms with Crippen LogP contribution in [0, 0.1) is 26.7 Å².